The van der Waals surface area contributed by atoms with Crippen LogP contribution in [0.1, 0.15) is 71.3 Å². The minimum atomic E-state index is -3.50. The lowest BCUT2D eigenvalue weighted by atomic mass is 9.87. The average molecular weight is 421 g/mol. The zero-order chi connectivity index (χ0) is 21.1. The molecule has 1 heterocycles. The fourth-order valence-corrected chi connectivity index (χ4v) is 5.88. The first-order chi connectivity index (χ1) is 13.7. The normalized spacial score (nSPS) is 20.5. The van der Waals surface area contributed by atoms with Crippen LogP contribution in [0.15, 0.2) is 29.2 Å². The molecule has 0 spiro atoms. The molecule has 29 heavy (non-hydrogen) atoms. The summed E-state index contributed by atoms with van der Waals surface area (Å²) in [6, 6.07) is 7.22. The minimum Gasteiger partial charge on any atom is -0.356 e. The Hall–Kier alpha value is -1.40. The summed E-state index contributed by atoms with van der Waals surface area (Å²) in [5, 5.41) is 3.12. The Kier molecular flexibility index (Phi) is 7.05. The number of benzene rings is 1. The van der Waals surface area contributed by atoms with Gasteiger partial charge in [0.25, 0.3) is 0 Å². The molecular formula is C23H36N2O3S. The molecule has 1 saturated carbocycles. The topological polar surface area (TPSA) is 66.5 Å². The molecule has 2 fully saturated rings. The summed E-state index contributed by atoms with van der Waals surface area (Å²) in [5.41, 5.74) is 1.11. The highest BCUT2D eigenvalue weighted by atomic mass is 32.2. The zero-order valence-corrected chi connectivity index (χ0v) is 18.9. The van der Waals surface area contributed by atoms with E-state index in [1.54, 1.807) is 12.1 Å². The summed E-state index contributed by atoms with van der Waals surface area (Å²) >= 11 is 0. The number of nitrogens with zero attached hydrogens (tertiary/aromatic N) is 1. The highest BCUT2D eigenvalue weighted by Gasteiger charge is 2.32. The van der Waals surface area contributed by atoms with E-state index in [1.165, 1.54) is 36.4 Å². The summed E-state index contributed by atoms with van der Waals surface area (Å²) in [5.74, 6) is 0.639. The van der Waals surface area contributed by atoms with E-state index in [4.69, 9.17) is 0 Å². The lowest BCUT2D eigenvalue weighted by molar-refractivity contribution is -0.126. The van der Waals surface area contributed by atoms with Crippen LogP contribution in [0.5, 0.6) is 0 Å². The second kappa shape index (κ2) is 9.17. The van der Waals surface area contributed by atoms with Crippen LogP contribution in [0.3, 0.4) is 0 Å². The molecule has 0 unspecified atom stereocenters. The van der Waals surface area contributed by atoms with Crippen LogP contribution < -0.4 is 5.32 Å². The molecule has 0 aromatic heterocycles. The van der Waals surface area contributed by atoms with Crippen molar-refractivity contribution in [2.24, 2.45) is 11.8 Å². The maximum Gasteiger partial charge on any atom is 0.243 e. The van der Waals surface area contributed by atoms with Crippen LogP contribution in [0.25, 0.3) is 0 Å². The second-order valence-electron chi connectivity index (χ2n) is 9.70. The quantitative estimate of drug-likeness (QED) is 0.780. The Morgan fingerprint density at radius 1 is 1.00 bits per heavy atom. The van der Waals surface area contributed by atoms with Gasteiger partial charge in [-0.2, -0.15) is 4.31 Å². The molecule has 1 saturated heterocycles. The number of carbonyl (C=O) groups is 1. The standard InChI is InChI=1S/C23H36N2O3S/c1-23(2,3)20-9-11-21(12-10-20)29(27,28)25-15-13-19(14-16-25)22(26)24-17-18-7-5-4-6-8-18/h9-12,18-19H,4-8,13-17H2,1-3H3,(H,24,26). The number of sulfonamides is 1. The smallest absolute Gasteiger partial charge is 0.243 e. The van der Waals surface area contributed by atoms with E-state index >= 15 is 0 Å². The van der Waals surface area contributed by atoms with Gasteiger partial charge in [-0.05, 0) is 54.7 Å². The number of rotatable bonds is 5. The SMILES string of the molecule is CC(C)(C)c1ccc(S(=O)(=O)N2CCC(C(=O)NCC3CCCCC3)CC2)cc1. The van der Waals surface area contributed by atoms with Gasteiger partial charge in [0.15, 0.2) is 0 Å². The Labute approximate surface area is 176 Å². The van der Waals surface area contributed by atoms with Crippen molar-refractivity contribution in [3.63, 3.8) is 0 Å². The van der Waals surface area contributed by atoms with Gasteiger partial charge in [0.2, 0.25) is 15.9 Å². The van der Waals surface area contributed by atoms with Gasteiger partial charge in [-0.3, -0.25) is 4.79 Å². The first kappa shape index (κ1) is 22.3. The van der Waals surface area contributed by atoms with Crippen LogP contribution in [0.4, 0.5) is 0 Å². The van der Waals surface area contributed by atoms with E-state index < -0.39 is 10.0 Å². The van der Waals surface area contributed by atoms with Crippen LogP contribution in [-0.4, -0.2) is 38.3 Å². The molecule has 2 aliphatic rings. The third-order valence-electron chi connectivity index (χ3n) is 6.47. The Bertz CT molecular complexity index is 782. The summed E-state index contributed by atoms with van der Waals surface area (Å²) in [4.78, 5) is 12.9. The van der Waals surface area contributed by atoms with Gasteiger partial charge in [0.05, 0.1) is 4.90 Å². The predicted octanol–water partition coefficient (Wildman–Crippen LogP) is 4.08. The lowest BCUT2D eigenvalue weighted by Gasteiger charge is -2.31. The summed E-state index contributed by atoms with van der Waals surface area (Å²) in [6.07, 6.45) is 7.47. The molecule has 0 atom stereocenters. The third-order valence-corrected chi connectivity index (χ3v) is 8.39. The maximum atomic E-state index is 13.0. The molecular weight excluding hydrogens is 384 g/mol. The van der Waals surface area contributed by atoms with Crippen molar-refractivity contribution < 1.29 is 13.2 Å². The number of amides is 1. The monoisotopic (exact) mass is 420 g/mol. The number of hydrogen-bond acceptors (Lipinski definition) is 3. The molecule has 3 rings (SSSR count). The van der Waals surface area contributed by atoms with Gasteiger partial charge in [-0.25, -0.2) is 8.42 Å². The van der Waals surface area contributed by atoms with Crippen LogP contribution >= 0.6 is 0 Å². The van der Waals surface area contributed by atoms with Crippen molar-refractivity contribution in [2.45, 2.75) is 76.0 Å². The highest BCUT2D eigenvalue weighted by molar-refractivity contribution is 7.89. The summed E-state index contributed by atoms with van der Waals surface area (Å²) < 4.78 is 27.5. The fraction of sp³-hybridized carbons (Fsp3) is 0.696. The highest BCUT2D eigenvalue weighted by Crippen LogP contribution is 2.27. The molecule has 1 aromatic rings. The number of carbonyl (C=O) groups excluding carboxylic acids is 1. The molecule has 5 nitrogen and oxygen atoms in total. The molecule has 0 bridgehead atoms. The van der Waals surface area contributed by atoms with E-state index in [-0.39, 0.29) is 17.2 Å². The first-order valence-electron chi connectivity index (χ1n) is 11.1. The van der Waals surface area contributed by atoms with Crippen molar-refractivity contribution in [3.8, 4) is 0 Å². The van der Waals surface area contributed by atoms with Crippen molar-refractivity contribution in [2.75, 3.05) is 19.6 Å². The van der Waals surface area contributed by atoms with Crippen LogP contribution in [0.2, 0.25) is 0 Å². The Morgan fingerprint density at radius 2 is 1.59 bits per heavy atom. The van der Waals surface area contributed by atoms with Crippen LogP contribution in [-0.2, 0) is 20.2 Å². The van der Waals surface area contributed by atoms with E-state index in [2.05, 4.69) is 26.1 Å². The van der Waals surface area contributed by atoms with E-state index in [0.717, 1.165) is 12.1 Å². The first-order valence-corrected chi connectivity index (χ1v) is 12.5. The largest absolute Gasteiger partial charge is 0.356 e. The van der Waals surface area contributed by atoms with Crippen LogP contribution in [0, 0.1) is 11.8 Å². The second-order valence-corrected chi connectivity index (χ2v) is 11.6. The third kappa shape index (κ3) is 5.60. The van der Waals surface area contributed by atoms with Crippen molar-refractivity contribution >= 4 is 15.9 Å². The fourth-order valence-electron chi connectivity index (χ4n) is 4.41. The Morgan fingerprint density at radius 3 is 2.14 bits per heavy atom. The molecule has 1 amide bonds. The lowest BCUT2D eigenvalue weighted by Crippen LogP contribution is -2.43. The Balaban J connectivity index is 1.53. The number of nitrogens with one attached hydrogen (secondary N) is 1. The predicted molar refractivity (Wildman–Crippen MR) is 116 cm³/mol. The van der Waals surface area contributed by atoms with Crippen molar-refractivity contribution in [3.05, 3.63) is 29.8 Å². The molecule has 6 heteroatoms. The van der Waals surface area contributed by atoms with E-state index in [1.807, 2.05) is 12.1 Å². The van der Waals surface area contributed by atoms with Crippen molar-refractivity contribution in [1.82, 2.24) is 9.62 Å². The van der Waals surface area contributed by atoms with Gasteiger partial charge in [0, 0.05) is 25.6 Å². The average Bonchev–Trinajstić information content (AvgIpc) is 2.72. The summed E-state index contributed by atoms with van der Waals surface area (Å²) in [7, 11) is -3.50. The maximum absolute atomic E-state index is 13.0. The molecule has 0 radical (unpaired) electrons. The number of hydrogen-bond donors (Lipinski definition) is 1. The van der Waals surface area contributed by atoms with Gasteiger partial charge in [0.1, 0.15) is 0 Å². The summed E-state index contributed by atoms with van der Waals surface area (Å²) in [6.45, 7) is 7.93. The molecule has 1 aliphatic carbocycles. The van der Waals surface area contributed by atoms with Gasteiger partial charge in [-0.15, -0.1) is 0 Å². The number of piperidine rings is 1. The molecule has 1 aliphatic heterocycles. The molecule has 162 valence electrons. The van der Waals surface area contributed by atoms with E-state index in [0.29, 0.717) is 36.7 Å². The minimum absolute atomic E-state index is 0.00831. The molecule has 1 N–H and O–H groups in total. The van der Waals surface area contributed by atoms with Gasteiger partial charge in [-0.1, -0.05) is 52.2 Å². The van der Waals surface area contributed by atoms with Gasteiger partial charge >= 0.3 is 0 Å². The zero-order valence-electron chi connectivity index (χ0n) is 18.1. The molecule has 1 aromatic carbocycles. The van der Waals surface area contributed by atoms with E-state index in [9.17, 15) is 13.2 Å². The van der Waals surface area contributed by atoms with Crippen molar-refractivity contribution in [1.29, 1.82) is 0 Å². The van der Waals surface area contributed by atoms with Gasteiger partial charge < -0.3 is 5.32 Å².